The van der Waals surface area contributed by atoms with Gasteiger partial charge in [-0.25, -0.2) is 0 Å². The lowest BCUT2D eigenvalue weighted by molar-refractivity contribution is 0.504. The Labute approximate surface area is 231 Å². The molecule has 8 rings (SSSR count). The van der Waals surface area contributed by atoms with Crippen LogP contribution in [0.15, 0.2) is 108 Å². The Morgan fingerprint density at radius 1 is 0.769 bits per heavy atom. The standard InChI is InChI=1S/C36H27NOS/c1-22-13-16-25(17-14-22)37(31-12-6-11-29-28-10-5-7-23(2)35(28)38-36(29)31)26-18-20-32-30(21-26)34-27-9-4-3-8-24(27)15-19-33(34)39-32/h3-6,8-21,23H,7H2,1-2H3. The molecule has 0 saturated carbocycles. The van der Waals surface area contributed by atoms with Crippen LogP contribution in [0.5, 0.6) is 0 Å². The Bertz CT molecular complexity index is 2080. The van der Waals surface area contributed by atoms with Crippen molar-refractivity contribution in [3.63, 3.8) is 0 Å². The second kappa shape index (κ2) is 8.59. The highest BCUT2D eigenvalue weighted by Gasteiger charge is 2.25. The number of hydrogen-bond donors (Lipinski definition) is 0. The van der Waals surface area contributed by atoms with Gasteiger partial charge < -0.3 is 9.32 Å². The lowest BCUT2D eigenvalue weighted by Gasteiger charge is -2.26. The van der Waals surface area contributed by atoms with Gasteiger partial charge in [-0.3, -0.25) is 0 Å². The molecule has 0 N–H and O–H groups in total. The van der Waals surface area contributed by atoms with Gasteiger partial charge in [0, 0.05) is 48.4 Å². The molecule has 2 heterocycles. The van der Waals surface area contributed by atoms with Gasteiger partial charge in [0.25, 0.3) is 0 Å². The smallest absolute Gasteiger partial charge is 0.158 e. The van der Waals surface area contributed by atoms with Gasteiger partial charge in [0.15, 0.2) is 5.58 Å². The summed E-state index contributed by atoms with van der Waals surface area (Å²) < 4.78 is 9.32. The number of rotatable bonds is 3. The number of anilines is 3. The molecule has 0 fully saturated rings. The van der Waals surface area contributed by atoms with Gasteiger partial charge in [-0.1, -0.05) is 79.2 Å². The number of thiophene rings is 1. The van der Waals surface area contributed by atoms with Crippen LogP contribution in [0, 0.1) is 6.92 Å². The third kappa shape index (κ3) is 3.47. The van der Waals surface area contributed by atoms with Crippen LogP contribution < -0.4 is 4.90 Å². The fraction of sp³-hybridized carbons (Fsp3) is 0.111. The summed E-state index contributed by atoms with van der Waals surface area (Å²) in [7, 11) is 0. The van der Waals surface area contributed by atoms with Crippen LogP contribution in [0.3, 0.4) is 0 Å². The van der Waals surface area contributed by atoms with E-state index in [1.807, 2.05) is 11.3 Å². The van der Waals surface area contributed by atoms with Crippen molar-refractivity contribution in [3.05, 3.63) is 120 Å². The molecule has 0 spiro atoms. The highest BCUT2D eigenvalue weighted by atomic mass is 32.1. The van der Waals surface area contributed by atoms with E-state index < -0.39 is 0 Å². The predicted octanol–water partition coefficient (Wildman–Crippen LogP) is 11.3. The molecule has 7 aromatic rings. The zero-order valence-corrected chi connectivity index (χ0v) is 22.8. The van der Waals surface area contributed by atoms with Crippen LogP contribution in [-0.2, 0) is 0 Å². The number of allylic oxidation sites excluding steroid dienone is 1. The van der Waals surface area contributed by atoms with Crippen molar-refractivity contribution in [2.75, 3.05) is 4.90 Å². The van der Waals surface area contributed by atoms with Crippen molar-refractivity contribution in [1.29, 1.82) is 0 Å². The van der Waals surface area contributed by atoms with E-state index in [2.05, 4.69) is 128 Å². The molecule has 0 aliphatic heterocycles. The van der Waals surface area contributed by atoms with E-state index in [1.54, 1.807) is 0 Å². The molecule has 0 amide bonds. The Balaban J connectivity index is 1.42. The first-order valence-electron chi connectivity index (χ1n) is 13.6. The Kier molecular flexibility index (Phi) is 4.98. The minimum atomic E-state index is 0.375. The Hall–Kier alpha value is -4.34. The summed E-state index contributed by atoms with van der Waals surface area (Å²) in [6, 6.07) is 35.5. The zero-order valence-electron chi connectivity index (χ0n) is 21.9. The van der Waals surface area contributed by atoms with Crippen LogP contribution in [-0.4, -0.2) is 0 Å². The van der Waals surface area contributed by atoms with Gasteiger partial charge in [0.2, 0.25) is 0 Å². The normalized spacial score (nSPS) is 15.0. The Morgan fingerprint density at radius 3 is 2.46 bits per heavy atom. The average Bonchev–Trinajstić information content (AvgIpc) is 3.54. The van der Waals surface area contributed by atoms with Crippen LogP contribution in [0.2, 0.25) is 0 Å². The molecule has 2 aromatic heterocycles. The van der Waals surface area contributed by atoms with E-state index in [9.17, 15) is 0 Å². The van der Waals surface area contributed by atoms with Gasteiger partial charge in [-0.15, -0.1) is 11.3 Å². The van der Waals surface area contributed by atoms with Crippen LogP contribution in [0.25, 0.3) is 48.0 Å². The Morgan fingerprint density at radius 2 is 1.56 bits per heavy atom. The number of fused-ring (bicyclic) bond motifs is 8. The number of benzene rings is 5. The number of hydrogen-bond acceptors (Lipinski definition) is 3. The van der Waals surface area contributed by atoms with Gasteiger partial charge >= 0.3 is 0 Å². The van der Waals surface area contributed by atoms with Gasteiger partial charge in [-0.2, -0.15) is 0 Å². The van der Waals surface area contributed by atoms with Crippen molar-refractivity contribution in [1.82, 2.24) is 0 Å². The highest BCUT2D eigenvalue weighted by molar-refractivity contribution is 7.26. The molecular weight excluding hydrogens is 494 g/mol. The quantitative estimate of drug-likeness (QED) is 0.230. The molecule has 5 aromatic carbocycles. The average molecular weight is 522 g/mol. The molecule has 39 heavy (non-hydrogen) atoms. The molecule has 1 atom stereocenters. The van der Waals surface area contributed by atoms with E-state index in [1.165, 1.54) is 47.5 Å². The maximum Gasteiger partial charge on any atom is 0.158 e. The van der Waals surface area contributed by atoms with Crippen molar-refractivity contribution >= 4 is 76.4 Å². The molecule has 0 radical (unpaired) electrons. The van der Waals surface area contributed by atoms with Gasteiger partial charge in [0.05, 0.1) is 5.69 Å². The van der Waals surface area contributed by atoms with E-state index in [-0.39, 0.29) is 0 Å². The van der Waals surface area contributed by atoms with Gasteiger partial charge in [-0.05, 0) is 66.6 Å². The summed E-state index contributed by atoms with van der Waals surface area (Å²) in [4.78, 5) is 2.36. The fourth-order valence-corrected chi connectivity index (χ4v) is 7.25. The third-order valence-corrected chi connectivity index (χ3v) is 9.25. The largest absolute Gasteiger partial charge is 0.458 e. The summed E-state index contributed by atoms with van der Waals surface area (Å²) in [5.41, 5.74) is 6.73. The molecule has 1 unspecified atom stereocenters. The summed E-state index contributed by atoms with van der Waals surface area (Å²) >= 11 is 1.87. The lowest BCUT2D eigenvalue weighted by Crippen LogP contribution is -2.10. The molecule has 1 aliphatic carbocycles. The van der Waals surface area contributed by atoms with E-state index in [0.717, 1.165) is 34.8 Å². The summed E-state index contributed by atoms with van der Waals surface area (Å²) in [6.45, 7) is 4.39. The topological polar surface area (TPSA) is 16.4 Å². The molecule has 0 saturated heterocycles. The van der Waals surface area contributed by atoms with Crippen molar-refractivity contribution in [2.24, 2.45) is 0 Å². The van der Waals surface area contributed by atoms with Crippen LogP contribution in [0.1, 0.15) is 36.1 Å². The van der Waals surface area contributed by atoms with Crippen LogP contribution >= 0.6 is 11.3 Å². The number of aryl methyl sites for hydroxylation is 1. The van der Waals surface area contributed by atoms with E-state index >= 15 is 0 Å². The molecular formula is C36H27NOS. The molecule has 3 heteroatoms. The number of furan rings is 1. The lowest BCUT2D eigenvalue weighted by atomic mass is 9.94. The second-order valence-corrected chi connectivity index (χ2v) is 11.8. The summed E-state index contributed by atoms with van der Waals surface area (Å²) in [6.07, 6.45) is 5.52. The maximum absolute atomic E-state index is 6.69. The maximum atomic E-state index is 6.69. The second-order valence-electron chi connectivity index (χ2n) is 10.7. The first-order valence-corrected chi connectivity index (χ1v) is 14.4. The van der Waals surface area contributed by atoms with Crippen molar-refractivity contribution in [3.8, 4) is 0 Å². The third-order valence-electron chi connectivity index (χ3n) is 8.12. The summed E-state index contributed by atoms with van der Waals surface area (Å²) in [5, 5.41) is 6.39. The number of nitrogens with zero attached hydrogens (tertiary/aromatic N) is 1. The molecule has 2 nitrogen and oxygen atoms in total. The van der Waals surface area contributed by atoms with Crippen molar-refractivity contribution < 1.29 is 4.42 Å². The minimum Gasteiger partial charge on any atom is -0.458 e. The summed E-state index contributed by atoms with van der Waals surface area (Å²) in [5.74, 6) is 1.47. The first-order chi connectivity index (χ1) is 19.2. The minimum absolute atomic E-state index is 0.375. The van der Waals surface area contributed by atoms with E-state index in [4.69, 9.17) is 4.42 Å². The molecule has 0 bridgehead atoms. The zero-order chi connectivity index (χ0) is 26.1. The molecule has 188 valence electrons. The predicted molar refractivity (Wildman–Crippen MR) is 168 cm³/mol. The van der Waals surface area contributed by atoms with E-state index in [0.29, 0.717) is 5.92 Å². The van der Waals surface area contributed by atoms with Gasteiger partial charge in [0.1, 0.15) is 5.76 Å². The highest BCUT2D eigenvalue weighted by Crippen LogP contribution is 2.46. The number of para-hydroxylation sites is 1. The molecule has 1 aliphatic rings. The monoisotopic (exact) mass is 521 g/mol. The first kappa shape index (κ1) is 22.6. The van der Waals surface area contributed by atoms with Crippen molar-refractivity contribution in [2.45, 2.75) is 26.2 Å². The SMILES string of the molecule is Cc1ccc(N(c2ccc3sc4ccc5ccccc5c4c3c2)c2cccc3c4c(oc23)C(C)CC=C4)cc1. The van der Waals surface area contributed by atoms with Crippen LogP contribution in [0.4, 0.5) is 17.1 Å². The fourth-order valence-electron chi connectivity index (χ4n) is 6.15.